The lowest BCUT2D eigenvalue weighted by Crippen LogP contribution is -2.15. The van der Waals surface area contributed by atoms with Gasteiger partial charge in [-0.25, -0.2) is 4.98 Å². The molecule has 0 fully saturated rings. The molecule has 0 amide bonds. The van der Waals surface area contributed by atoms with E-state index in [0.29, 0.717) is 25.6 Å². The Morgan fingerprint density at radius 2 is 1.79 bits per heavy atom. The van der Waals surface area contributed by atoms with Crippen molar-refractivity contribution in [2.45, 2.75) is 6.42 Å². The zero-order chi connectivity index (χ0) is 18.9. The summed E-state index contributed by atoms with van der Waals surface area (Å²) >= 11 is 0. The minimum absolute atomic E-state index is 0.556. The Hall–Kier alpha value is -3.41. The molecular formula is C22H20N2O4. The van der Waals surface area contributed by atoms with Crippen LogP contribution in [0.25, 0.3) is 11.1 Å². The maximum atomic E-state index is 5.93. The molecule has 0 unspecified atom stereocenters. The number of hydrogen-bond acceptors (Lipinski definition) is 6. The van der Waals surface area contributed by atoms with Crippen molar-refractivity contribution < 1.29 is 18.9 Å². The van der Waals surface area contributed by atoms with Gasteiger partial charge in [0.1, 0.15) is 19.0 Å². The molecule has 0 spiro atoms. The Morgan fingerprint density at radius 3 is 2.68 bits per heavy atom. The molecule has 1 N–H and O–H groups in total. The third-order valence-electron chi connectivity index (χ3n) is 4.94. The van der Waals surface area contributed by atoms with Crippen molar-refractivity contribution in [3.8, 4) is 34.1 Å². The second-order valence-electron chi connectivity index (χ2n) is 6.61. The van der Waals surface area contributed by atoms with Crippen molar-refractivity contribution >= 4 is 11.5 Å². The minimum atomic E-state index is 0.556. The summed E-state index contributed by atoms with van der Waals surface area (Å²) in [6.07, 6.45) is 2.72. The lowest BCUT2D eigenvalue weighted by atomic mass is 9.99. The van der Waals surface area contributed by atoms with Crippen molar-refractivity contribution in [3.05, 3.63) is 54.2 Å². The summed E-state index contributed by atoms with van der Waals surface area (Å²) in [7, 11) is 1.68. The standard InChI is InChI=1S/C22H20N2O4/c1-25-18-5-3-2-4-15(18)17-13-23-22(21-16(17)8-9-28-21)24-14-6-7-19-20(12-14)27-11-10-26-19/h2-7,12-13H,8-11H2,1H3,(H,23,24). The fourth-order valence-corrected chi connectivity index (χ4v) is 3.64. The fourth-order valence-electron chi connectivity index (χ4n) is 3.64. The SMILES string of the molecule is COc1ccccc1-c1cnc(Nc2ccc3c(c2)OCCO3)c2c1CCO2. The van der Waals surface area contributed by atoms with Crippen LogP contribution in [-0.2, 0) is 6.42 Å². The fraction of sp³-hybridized carbons (Fsp3) is 0.227. The van der Waals surface area contributed by atoms with Gasteiger partial charge in [0.25, 0.3) is 0 Å². The average Bonchev–Trinajstić information content (AvgIpc) is 3.24. The number of pyridine rings is 1. The predicted molar refractivity (Wildman–Crippen MR) is 106 cm³/mol. The Kier molecular flexibility index (Phi) is 4.16. The first kappa shape index (κ1) is 16.7. The number of para-hydroxylation sites is 1. The van der Waals surface area contributed by atoms with E-state index >= 15 is 0 Å². The molecule has 2 aromatic carbocycles. The highest BCUT2D eigenvalue weighted by Gasteiger charge is 2.24. The van der Waals surface area contributed by atoms with E-state index in [0.717, 1.165) is 51.8 Å². The zero-order valence-electron chi connectivity index (χ0n) is 15.5. The molecular weight excluding hydrogens is 356 g/mol. The monoisotopic (exact) mass is 376 g/mol. The normalized spacial score (nSPS) is 14.2. The van der Waals surface area contributed by atoms with E-state index in [4.69, 9.17) is 18.9 Å². The van der Waals surface area contributed by atoms with Gasteiger partial charge in [0, 0.05) is 41.1 Å². The lowest BCUT2D eigenvalue weighted by Gasteiger charge is -2.19. The molecule has 6 heteroatoms. The van der Waals surface area contributed by atoms with Crippen LogP contribution in [0.3, 0.4) is 0 Å². The Balaban J connectivity index is 1.51. The van der Waals surface area contributed by atoms with Crippen molar-refractivity contribution in [2.75, 3.05) is 32.2 Å². The van der Waals surface area contributed by atoms with Crippen molar-refractivity contribution in [1.82, 2.24) is 4.98 Å². The van der Waals surface area contributed by atoms with Gasteiger partial charge in [-0.05, 0) is 18.2 Å². The van der Waals surface area contributed by atoms with Crippen LogP contribution in [0.5, 0.6) is 23.0 Å². The van der Waals surface area contributed by atoms with E-state index in [1.165, 1.54) is 0 Å². The van der Waals surface area contributed by atoms with Gasteiger partial charge < -0.3 is 24.3 Å². The van der Waals surface area contributed by atoms with Crippen molar-refractivity contribution in [2.24, 2.45) is 0 Å². The number of benzene rings is 2. The molecule has 3 heterocycles. The third-order valence-corrected chi connectivity index (χ3v) is 4.94. The van der Waals surface area contributed by atoms with E-state index in [2.05, 4.69) is 10.3 Å². The summed E-state index contributed by atoms with van der Waals surface area (Å²) in [5, 5.41) is 3.36. The summed E-state index contributed by atoms with van der Waals surface area (Å²) < 4.78 is 22.7. The summed E-state index contributed by atoms with van der Waals surface area (Å²) in [5.74, 6) is 3.81. The van der Waals surface area contributed by atoms with Gasteiger partial charge in [0.05, 0.1) is 13.7 Å². The van der Waals surface area contributed by atoms with Crippen LogP contribution < -0.4 is 24.3 Å². The first-order valence-electron chi connectivity index (χ1n) is 9.28. The first-order chi connectivity index (χ1) is 13.8. The molecule has 0 saturated carbocycles. The Bertz CT molecular complexity index is 1040. The first-order valence-corrected chi connectivity index (χ1v) is 9.28. The third kappa shape index (κ3) is 2.87. The largest absolute Gasteiger partial charge is 0.496 e. The molecule has 2 aliphatic heterocycles. The summed E-state index contributed by atoms with van der Waals surface area (Å²) in [4.78, 5) is 4.65. The van der Waals surface area contributed by atoms with Gasteiger partial charge in [-0.2, -0.15) is 0 Å². The van der Waals surface area contributed by atoms with Crippen LogP contribution >= 0.6 is 0 Å². The lowest BCUT2D eigenvalue weighted by molar-refractivity contribution is 0.171. The van der Waals surface area contributed by atoms with Crippen LogP contribution in [0.15, 0.2) is 48.7 Å². The number of hydrogen-bond donors (Lipinski definition) is 1. The Labute approximate surface area is 163 Å². The summed E-state index contributed by atoms with van der Waals surface area (Å²) in [5.41, 5.74) is 4.07. The van der Waals surface area contributed by atoms with Gasteiger partial charge in [-0.3, -0.25) is 0 Å². The van der Waals surface area contributed by atoms with Crippen LogP contribution in [0.2, 0.25) is 0 Å². The molecule has 0 saturated heterocycles. The zero-order valence-corrected chi connectivity index (χ0v) is 15.5. The molecule has 5 rings (SSSR count). The van der Waals surface area contributed by atoms with Crippen LogP contribution in [0, 0.1) is 0 Å². The molecule has 6 nitrogen and oxygen atoms in total. The minimum Gasteiger partial charge on any atom is -0.496 e. The molecule has 3 aromatic rings. The highest BCUT2D eigenvalue weighted by Crippen LogP contribution is 2.43. The van der Waals surface area contributed by atoms with Crippen LogP contribution in [0.1, 0.15) is 5.56 Å². The van der Waals surface area contributed by atoms with E-state index in [-0.39, 0.29) is 0 Å². The van der Waals surface area contributed by atoms with Crippen LogP contribution in [-0.4, -0.2) is 31.9 Å². The van der Waals surface area contributed by atoms with Crippen LogP contribution in [0.4, 0.5) is 11.5 Å². The number of methoxy groups -OCH3 is 1. The second kappa shape index (κ2) is 6.96. The van der Waals surface area contributed by atoms with E-state index < -0.39 is 0 Å². The summed E-state index contributed by atoms with van der Waals surface area (Å²) in [6.45, 7) is 1.77. The molecule has 2 aliphatic rings. The van der Waals surface area contributed by atoms with Gasteiger partial charge in [-0.1, -0.05) is 18.2 Å². The number of rotatable bonds is 4. The second-order valence-corrected chi connectivity index (χ2v) is 6.61. The molecule has 0 bridgehead atoms. The van der Waals surface area contributed by atoms with Gasteiger partial charge in [0.2, 0.25) is 0 Å². The predicted octanol–water partition coefficient (Wildman–Crippen LogP) is 4.21. The number of ether oxygens (including phenoxy) is 4. The van der Waals surface area contributed by atoms with E-state index in [9.17, 15) is 0 Å². The summed E-state index contributed by atoms with van der Waals surface area (Å²) in [6, 6.07) is 13.7. The highest BCUT2D eigenvalue weighted by molar-refractivity contribution is 5.79. The van der Waals surface area contributed by atoms with Gasteiger partial charge >= 0.3 is 0 Å². The highest BCUT2D eigenvalue weighted by atomic mass is 16.6. The molecule has 0 aliphatic carbocycles. The number of nitrogens with one attached hydrogen (secondary N) is 1. The molecule has 1 aromatic heterocycles. The van der Waals surface area contributed by atoms with Gasteiger partial charge in [-0.15, -0.1) is 0 Å². The maximum Gasteiger partial charge on any atom is 0.173 e. The average molecular weight is 376 g/mol. The molecule has 0 radical (unpaired) electrons. The quantitative estimate of drug-likeness (QED) is 0.736. The van der Waals surface area contributed by atoms with Crippen molar-refractivity contribution in [1.29, 1.82) is 0 Å². The molecule has 142 valence electrons. The number of nitrogens with zero attached hydrogens (tertiary/aromatic N) is 1. The maximum absolute atomic E-state index is 5.93. The molecule has 28 heavy (non-hydrogen) atoms. The molecule has 0 atom stereocenters. The van der Waals surface area contributed by atoms with Crippen molar-refractivity contribution in [3.63, 3.8) is 0 Å². The van der Waals surface area contributed by atoms with E-state index in [1.807, 2.05) is 48.7 Å². The van der Waals surface area contributed by atoms with E-state index in [1.54, 1.807) is 7.11 Å². The topological polar surface area (TPSA) is 61.8 Å². The smallest absolute Gasteiger partial charge is 0.173 e. The number of fused-ring (bicyclic) bond motifs is 2. The Morgan fingerprint density at radius 1 is 0.929 bits per heavy atom. The number of anilines is 2. The van der Waals surface area contributed by atoms with Gasteiger partial charge in [0.15, 0.2) is 23.1 Å². The number of aromatic nitrogens is 1.